The smallest absolute Gasteiger partial charge is 0.306 e. The molecule has 0 radical (unpaired) electrons. The van der Waals surface area contributed by atoms with Crippen LogP contribution < -0.4 is 4.72 Å². The van der Waals surface area contributed by atoms with Crippen molar-refractivity contribution in [3.8, 4) is 0 Å². The molecule has 1 rings (SSSR count). The van der Waals surface area contributed by atoms with Crippen LogP contribution in [0, 0.1) is 0 Å². The molecular weight excluding hydrogens is 274 g/mol. The number of carboxylic acids is 1. The van der Waals surface area contributed by atoms with Crippen molar-refractivity contribution in [1.29, 1.82) is 0 Å². The van der Waals surface area contributed by atoms with Crippen LogP contribution in [0.3, 0.4) is 0 Å². The first kappa shape index (κ1) is 15.9. The van der Waals surface area contributed by atoms with Crippen LogP contribution in [0.15, 0.2) is 0 Å². The van der Waals surface area contributed by atoms with E-state index < -0.39 is 27.5 Å². The lowest BCUT2D eigenvalue weighted by Crippen LogP contribution is -2.55. The van der Waals surface area contributed by atoms with Gasteiger partial charge in [-0.3, -0.25) is 9.59 Å². The molecule has 0 atom stereocenters. The molecule has 0 amide bonds. The Morgan fingerprint density at radius 1 is 1.37 bits per heavy atom. The van der Waals surface area contributed by atoms with E-state index in [1.54, 1.807) is 6.92 Å². The minimum absolute atomic E-state index is 0.204. The van der Waals surface area contributed by atoms with Crippen LogP contribution >= 0.6 is 0 Å². The van der Waals surface area contributed by atoms with Crippen LogP contribution in [-0.2, 0) is 24.3 Å². The zero-order valence-corrected chi connectivity index (χ0v) is 11.7. The zero-order chi connectivity index (χ0) is 14.5. The minimum atomic E-state index is -3.67. The molecule has 2 N–H and O–H groups in total. The summed E-state index contributed by atoms with van der Waals surface area (Å²) in [6.45, 7) is 1.84. The second-order valence-corrected chi connectivity index (χ2v) is 6.52. The molecule has 0 aromatic rings. The molecule has 0 saturated heterocycles. The summed E-state index contributed by atoms with van der Waals surface area (Å²) < 4.78 is 30.7. The predicted octanol–water partition coefficient (Wildman–Crippen LogP) is 0.256. The topological polar surface area (TPSA) is 110 Å². The lowest BCUT2D eigenvalue weighted by atomic mass is 9.75. The standard InChI is InChI=1S/C11H19NO6S/c1-2-18-10(15)4-7-19(16,17)12-11(5-3-6-11)8-9(13)14/h12H,2-8H2,1H3,(H,13,14). The van der Waals surface area contributed by atoms with Gasteiger partial charge in [0.15, 0.2) is 0 Å². The first-order valence-electron chi connectivity index (χ1n) is 6.18. The van der Waals surface area contributed by atoms with Gasteiger partial charge in [0, 0.05) is 5.54 Å². The van der Waals surface area contributed by atoms with Gasteiger partial charge in [-0.15, -0.1) is 0 Å². The predicted molar refractivity (Wildman–Crippen MR) is 67.0 cm³/mol. The van der Waals surface area contributed by atoms with Gasteiger partial charge >= 0.3 is 11.9 Å². The number of hydrogen-bond donors (Lipinski definition) is 2. The average molecular weight is 293 g/mol. The van der Waals surface area contributed by atoms with Gasteiger partial charge in [0.05, 0.1) is 25.2 Å². The highest BCUT2D eigenvalue weighted by molar-refractivity contribution is 7.89. The first-order valence-corrected chi connectivity index (χ1v) is 7.83. The Labute approximate surface area is 112 Å². The molecule has 0 aliphatic heterocycles. The van der Waals surface area contributed by atoms with E-state index in [0.29, 0.717) is 12.8 Å². The van der Waals surface area contributed by atoms with E-state index in [9.17, 15) is 18.0 Å². The summed E-state index contributed by atoms with van der Waals surface area (Å²) in [6, 6.07) is 0. The fourth-order valence-corrected chi connectivity index (χ4v) is 3.51. The molecule has 7 nitrogen and oxygen atoms in total. The van der Waals surface area contributed by atoms with Gasteiger partial charge in [-0.1, -0.05) is 0 Å². The molecule has 0 unspecified atom stereocenters. The summed E-state index contributed by atoms with van der Waals surface area (Å²) in [4.78, 5) is 21.8. The summed E-state index contributed by atoms with van der Waals surface area (Å²) in [5.74, 6) is -1.99. The van der Waals surface area contributed by atoms with Crippen molar-refractivity contribution < 1.29 is 27.9 Å². The van der Waals surface area contributed by atoms with Gasteiger partial charge in [-0.05, 0) is 26.2 Å². The molecule has 0 heterocycles. The third-order valence-electron chi connectivity index (χ3n) is 3.05. The van der Waals surface area contributed by atoms with Crippen LogP contribution in [0.5, 0.6) is 0 Å². The quantitative estimate of drug-likeness (QED) is 0.621. The summed E-state index contributed by atoms with van der Waals surface area (Å²) in [7, 11) is -3.67. The number of nitrogens with one attached hydrogen (secondary N) is 1. The highest BCUT2D eigenvalue weighted by atomic mass is 32.2. The van der Waals surface area contributed by atoms with Crippen LogP contribution in [0.4, 0.5) is 0 Å². The Kier molecular flexibility index (Phi) is 5.30. The summed E-state index contributed by atoms with van der Waals surface area (Å²) in [5.41, 5.74) is -0.876. The van der Waals surface area contributed by atoms with Crippen LogP contribution in [0.1, 0.15) is 39.0 Å². The Hall–Kier alpha value is -1.15. The van der Waals surface area contributed by atoms with Crippen molar-refractivity contribution in [2.24, 2.45) is 0 Å². The maximum Gasteiger partial charge on any atom is 0.306 e. The Balaban J connectivity index is 2.53. The largest absolute Gasteiger partial charge is 0.481 e. The number of ether oxygens (including phenoxy) is 1. The van der Waals surface area contributed by atoms with E-state index >= 15 is 0 Å². The number of hydrogen-bond acceptors (Lipinski definition) is 5. The normalized spacial score (nSPS) is 17.5. The van der Waals surface area contributed by atoms with Gasteiger partial charge in [-0.25, -0.2) is 13.1 Å². The van der Waals surface area contributed by atoms with Crippen molar-refractivity contribution in [2.45, 2.75) is 44.6 Å². The summed E-state index contributed by atoms with van der Waals surface area (Å²) in [6.07, 6.45) is 1.36. The molecule has 1 aliphatic rings. The average Bonchev–Trinajstić information content (AvgIpc) is 2.23. The Morgan fingerprint density at radius 3 is 2.42 bits per heavy atom. The maximum absolute atomic E-state index is 11.8. The molecule has 0 aromatic heterocycles. The van der Waals surface area contributed by atoms with Crippen LogP contribution in [0.25, 0.3) is 0 Å². The molecule has 0 aromatic carbocycles. The molecule has 1 fully saturated rings. The van der Waals surface area contributed by atoms with E-state index in [2.05, 4.69) is 9.46 Å². The lowest BCUT2D eigenvalue weighted by Gasteiger charge is -2.40. The Morgan fingerprint density at radius 2 is 2.00 bits per heavy atom. The van der Waals surface area contributed by atoms with Crippen molar-refractivity contribution in [1.82, 2.24) is 4.72 Å². The number of esters is 1. The lowest BCUT2D eigenvalue weighted by molar-refractivity contribution is -0.143. The second-order valence-electron chi connectivity index (χ2n) is 4.68. The van der Waals surface area contributed by atoms with E-state index in [-0.39, 0.29) is 25.2 Å². The number of aliphatic carboxylic acids is 1. The monoisotopic (exact) mass is 293 g/mol. The van der Waals surface area contributed by atoms with Gasteiger partial charge in [0.1, 0.15) is 0 Å². The van der Waals surface area contributed by atoms with Crippen LogP contribution in [-0.4, -0.2) is 43.4 Å². The van der Waals surface area contributed by atoms with Crippen molar-refractivity contribution in [2.75, 3.05) is 12.4 Å². The summed E-state index contributed by atoms with van der Waals surface area (Å²) >= 11 is 0. The number of rotatable bonds is 8. The fraction of sp³-hybridized carbons (Fsp3) is 0.818. The van der Waals surface area contributed by atoms with Gasteiger partial charge in [0.25, 0.3) is 0 Å². The number of sulfonamides is 1. The van der Waals surface area contributed by atoms with Gasteiger partial charge < -0.3 is 9.84 Å². The van der Waals surface area contributed by atoms with Gasteiger partial charge in [0.2, 0.25) is 10.0 Å². The van der Waals surface area contributed by atoms with E-state index in [1.807, 2.05) is 0 Å². The van der Waals surface area contributed by atoms with Crippen molar-refractivity contribution >= 4 is 22.0 Å². The molecular formula is C11H19NO6S. The first-order chi connectivity index (χ1) is 8.79. The van der Waals surface area contributed by atoms with E-state index in [0.717, 1.165) is 6.42 Å². The molecule has 1 aliphatic carbocycles. The third-order valence-corrected chi connectivity index (χ3v) is 4.54. The number of carboxylic acid groups (broad SMARTS) is 1. The highest BCUT2D eigenvalue weighted by Crippen LogP contribution is 2.35. The molecule has 19 heavy (non-hydrogen) atoms. The maximum atomic E-state index is 11.8. The van der Waals surface area contributed by atoms with Gasteiger partial charge in [-0.2, -0.15) is 0 Å². The van der Waals surface area contributed by atoms with Crippen LogP contribution in [0.2, 0.25) is 0 Å². The van der Waals surface area contributed by atoms with E-state index in [1.165, 1.54) is 0 Å². The zero-order valence-electron chi connectivity index (χ0n) is 10.8. The second kappa shape index (κ2) is 6.33. The molecule has 8 heteroatoms. The van der Waals surface area contributed by atoms with Crippen molar-refractivity contribution in [3.05, 3.63) is 0 Å². The highest BCUT2D eigenvalue weighted by Gasteiger charge is 2.42. The SMILES string of the molecule is CCOC(=O)CCS(=O)(=O)NC1(CC(=O)O)CCC1. The summed E-state index contributed by atoms with van der Waals surface area (Å²) in [5, 5.41) is 8.79. The minimum Gasteiger partial charge on any atom is -0.481 e. The van der Waals surface area contributed by atoms with Crippen molar-refractivity contribution in [3.63, 3.8) is 0 Å². The number of carbonyl (C=O) groups excluding carboxylic acids is 1. The van der Waals surface area contributed by atoms with E-state index in [4.69, 9.17) is 5.11 Å². The molecule has 0 spiro atoms. The molecule has 0 bridgehead atoms. The third kappa shape index (κ3) is 5.15. The fourth-order valence-electron chi connectivity index (χ4n) is 2.04. The number of carbonyl (C=O) groups is 2. The Bertz CT molecular complexity index is 440. The molecule has 110 valence electrons. The molecule has 1 saturated carbocycles.